The van der Waals surface area contributed by atoms with Gasteiger partial charge in [0.1, 0.15) is 0 Å². The molecule has 0 aromatic carbocycles. The van der Waals surface area contributed by atoms with E-state index in [1.807, 2.05) is 0 Å². The van der Waals surface area contributed by atoms with E-state index in [9.17, 15) is 4.21 Å². The van der Waals surface area contributed by atoms with Crippen LogP contribution in [0.2, 0.25) is 0 Å². The van der Waals surface area contributed by atoms with Gasteiger partial charge in [0, 0.05) is 6.04 Å². The van der Waals surface area contributed by atoms with E-state index in [1.54, 1.807) is 0 Å². The van der Waals surface area contributed by atoms with Gasteiger partial charge in [-0.15, -0.1) is 0 Å². The lowest BCUT2D eigenvalue weighted by Crippen LogP contribution is -2.42. The fourth-order valence-electron chi connectivity index (χ4n) is 2.93. The quantitative estimate of drug-likeness (QED) is 0.810. The number of nitrogens with one attached hydrogen (secondary N) is 1. The zero-order chi connectivity index (χ0) is 13.2. The molecule has 2 rings (SSSR count). The Kier molecular flexibility index (Phi) is 4.87. The Labute approximate surface area is 115 Å². The average molecular weight is 271 g/mol. The maximum absolute atomic E-state index is 12.2. The molecule has 0 spiro atoms. The summed E-state index contributed by atoms with van der Waals surface area (Å²) in [5, 5.41) is 0. The lowest BCUT2D eigenvalue weighted by molar-refractivity contribution is 0.300. The third-order valence-corrected chi connectivity index (χ3v) is 5.95. The van der Waals surface area contributed by atoms with E-state index in [0.717, 1.165) is 11.8 Å². The first-order chi connectivity index (χ1) is 8.47. The number of rotatable bonds is 5. The first-order valence-corrected chi connectivity index (χ1v) is 8.80. The molecule has 2 atom stereocenters. The van der Waals surface area contributed by atoms with E-state index >= 15 is 0 Å². The van der Waals surface area contributed by atoms with Gasteiger partial charge in [-0.1, -0.05) is 32.1 Å². The fourth-order valence-corrected chi connectivity index (χ4v) is 3.85. The summed E-state index contributed by atoms with van der Waals surface area (Å²) in [7, 11) is -0.902. The first-order valence-electron chi connectivity index (χ1n) is 7.65. The number of hydrogen-bond acceptors (Lipinski definition) is 1. The molecule has 2 aliphatic rings. The van der Waals surface area contributed by atoms with E-state index in [-0.39, 0.29) is 4.75 Å². The summed E-state index contributed by atoms with van der Waals surface area (Å²) in [5.41, 5.74) is 0. The van der Waals surface area contributed by atoms with Crippen LogP contribution in [0.1, 0.15) is 72.1 Å². The van der Waals surface area contributed by atoms with Crippen LogP contribution in [0.5, 0.6) is 0 Å². The van der Waals surface area contributed by atoms with Crippen LogP contribution in [-0.2, 0) is 11.0 Å². The minimum Gasteiger partial charge on any atom is -0.242 e. The summed E-state index contributed by atoms with van der Waals surface area (Å²) in [6.07, 6.45) is 11.0. The SMILES string of the molecule is CC(C)(C)[S@](=O)N[C@H](CC1CCCCC1)C1CC1. The maximum Gasteiger partial charge on any atom is 0.0972 e. The van der Waals surface area contributed by atoms with Gasteiger partial charge >= 0.3 is 0 Å². The van der Waals surface area contributed by atoms with Crippen LogP contribution in [-0.4, -0.2) is 15.0 Å². The van der Waals surface area contributed by atoms with Gasteiger partial charge in [0.05, 0.1) is 15.7 Å². The Bertz CT molecular complexity index is 287. The first kappa shape index (κ1) is 14.5. The molecule has 1 N–H and O–H groups in total. The molecular weight excluding hydrogens is 242 g/mol. The van der Waals surface area contributed by atoms with E-state index in [0.29, 0.717) is 6.04 Å². The highest BCUT2D eigenvalue weighted by atomic mass is 32.2. The van der Waals surface area contributed by atoms with Crippen molar-refractivity contribution in [1.82, 2.24) is 4.72 Å². The average Bonchev–Trinajstić information content (AvgIpc) is 3.12. The van der Waals surface area contributed by atoms with Crippen LogP contribution in [0.3, 0.4) is 0 Å². The Balaban J connectivity index is 1.85. The second-order valence-electron chi connectivity index (χ2n) is 7.18. The molecule has 0 bridgehead atoms. The van der Waals surface area contributed by atoms with Crippen LogP contribution in [0.15, 0.2) is 0 Å². The predicted molar refractivity (Wildman–Crippen MR) is 78.7 cm³/mol. The maximum atomic E-state index is 12.2. The van der Waals surface area contributed by atoms with Crippen molar-refractivity contribution in [2.75, 3.05) is 0 Å². The molecule has 0 aliphatic heterocycles. The van der Waals surface area contributed by atoms with Crippen LogP contribution in [0.25, 0.3) is 0 Å². The summed E-state index contributed by atoms with van der Waals surface area (Å²) in [6, 6.07) is 0.508. The Morgan fingerprint density at radius 2 is 1.72 bits per heavy atom. The van der Waals surface area contributed by atoms with Crippen molar-refractivity contribution in [3.8, 4) is 0 Å². The lowest BCUT2D eigenvalue weighted by Gasteiger charge is -2.29. The van der Waals surface area contributed by atoms with Crippen molar-refractivity contribution in [3.05, 3.63) is 0 Å². The molecule has 0 aromatic heterocycles. The minimum atomic E-state index is -0.902. The van der Waals surface area contributed by atoms with Crippen molar-refractivity contribution in [2.45, 2.75) is 82.9 Å². The number of hydrogen-bond donors (Lipinski definition) is 1. The van der Waals surface area contributed by atoms with Crippen LogP contribution in [0.4, 0.5) is 0 Å². The highest BCUT2D eigenvalue weighted by Crippen LogP contribution is 2.38. The smallest absolute Gasteiger partial charge is 0.0972 e. The van der Waals surface area contributed by atoms with Gasteiger partial charge in [-0.05, 0) is 51.9 Å². The largest absolute Gasteiger partial charge is 0.242 e. The van der Waals surface area contributed by atoms with Crippen LogP contribution in [0, 0.1) is 11.8 Å². The molecule has 106 valence electrons. The minimum absolute atomic E-state index is 0.139. The standard InChI is InChI=1S/C15H29NOS/c1-15(2,3)18(17)16-14(13-9-10-13)11-12-7-5-4-6-8-12/h12-14,16H,4-11H2,1-3H3/t14-,18+/m1/s1. The van der Waals surface area contributed by atoms with Gasteiger partial charge in [-0.2, -0.15) is 0 Å². The van der Waals surface area contributed by atoms with Gasteiger partial charge in [-0.3, -0.25) is 0 Å². The molecule has 2 aliphatic carbocycles. The fraction of sp³-hybridized carbons (Fsp3) is 1.00. The Morgan fingerprint density at radius 1 is 1.11 bits per heavy atom. The van der Waals surface area contributed by atoms with E-state index in [1.165, 1.54) is 51.4 Å². The van der Waals surface area contributed by atoms with E-state index in [4.69, 9.17) is 0 Å². The third-order valence-electron chi connectivity index (χ3n) is 4.32. The molecule has 0 aromatic rings. The second-order valence-corrected chi connectivity index (χ2v) is 9.18. The molecular formula is C15H29NOS. The van der Waals surface area contributed by atoms with Crippen LogP contribution >= 0.6 is 0 Å². The highest BCUT2D eigenvalue weighted by Gasteiger charge is 2.35. The molecule has 18 heavy (non-hydrogen) atoms. The Hall–Kier alpha value is 0.110. The van der Waals surface area contributed by atoms with Gasteiger partial charge in [0.15, 0.2) is 0 Å². The van der Waals surface area contributed by atoms with Crippen molar-refractivity contribution < 1.29 is 4.21 Å². The second kappa shape index (κ2) is 6.04. The summed E-state index contributed by atoms with van der Waals surface area (Å²) in [6.45, 7) is 6.17. The molecule has 0 amide bonds. The molecule has 0 unspecified atom stereocenters. The summed E-state index contributed by atoms with van der Waals surface area (Å²) in [5.74, 6) is 1.69. The van der Waals surface area contributed by atoms with Crippen molar-refractivity contribution >= 4 is 11.0 Å². The van der Waals surface area contributed by atoms with E-state index in [2.05, 4.69) is 25.5 Å². The summed E-state index contributed by atoms with van der Waals surface area (Å²) in [4.78, 5) is 0. The molecule has 0 radical (unpaired) electrons. The highest BCUT2D eigenvalue weighted by molar-refractivity contribution is 7.84. The summed E-state index contributed by atoms with van der Waals surface area (Å²) < 4.78 is 15.5. The summed E-state index contributed by atoms with van der Waals surface area (Å²) >= 11 is 0. The molecule has 3 heteroatoms. The predicted octanol–water partition coefficient (Wildman–Crippen LogP) is 3.79. The normalized spacial score (nSPS) is 25.9. The van der Waals surface area contributed by atoms with Gasteiger partial charge in [-0.25, -0.2) is 8.93 Å². The van der Waals surface area contributed by atoms with Gasteiger partial charge < -0.3 is 0 Å². The molecule has 2 nitrogen and oxygen atoms in total. The van der Waals surface area contributed by atoms with Crippen molar-refractivity contribution in [2.24, 2.45) is 11.8 Å². The van der Waals surface area contributed by atoms with Crippen molar-refractivity contribution in [1.29, 1.82) is 0 Å². The molecule has 2 saturated carbocycles. The van der Waals surface area contributed by atoms with E-state index < -0.39 is 11.0 Å². The zero-order valence-electron chi connectivity index (χ0n) is 12.2. The Morgan fingerprint density at radius 3 is 2.22 bits per heavy atom. The molecule has 2 fully saturated rings. The molecule has 0 heterocycles. The van der Waals surface area contributed by atoms with Crippen LogP contribution < -0.4 is 4.72 Å². The monoisotopic (exact) mass is 271 g/mol. The lowest BCUT2D eigenvalue weighted by atomic mass is 9.84. The third kappa shape index (κ3) is 4.34. The van der Waals surface area contributed by atoms with Gasteiger partial charge in [0.2, 0.25) is 0 Å². The topological polar surface area (TPSA) is 29.1 Å². The molecule has 0 saturated heterocycles. The van der Waals surface area contributed by atoms with Crippen molar-refractivity contribution in [3.63, 3.8) is 0 Å². The zero-order valence-corrected chi connectivity index (χ0v) is 13.0. The van der Waals surface area contributed by atoms with Gasteiger partial charge in [0.25, 0.3) is 0 Å².